The van der Waals surface area contributed by atoms with Gasteiger partial charge in [0.1, 0.15) is 18.5 Å². The molecule has 1 aromatic carbocycles. The lowest BCUT2D eigenvalue weighted by atomic mass is 10.2. The zero-order valence-electron chi connectivity index (χ0n) is 11.9. The number of nitrogens with one attached hydrogen (secondary N) is 1. The van der Waals surface area contributed by atoms with E-state index in [2.05, 4.69) is 24.4 Å². The van der Waals surface area contributed by atoms with Crippen LogP contribution in [0.1, 0.15) is 15.3 Å². The van der Waals surface area contributed by atoms with E-state index < -0.39 is 6.10 Å². The van der Waals surface area contributed by atoms with Crippen LogP contribution >= 0.6 is 11.3 Å². The van der Waals surface area contributed by atoms with Gasteiger partial charge in [0.2, 0.25) is 0 Å². The highest BCUT2D eigenvalue weighted by Crippen LogP contribution is 2.14. The number of hydrogen-bond donors (Lipinski definition) is 2. The third-order valence-corrected chi connectivity index (χ3v) is 3.94. The summed E-state index contributed by atoms with van der Waals surface area (Å²) in [5, 5.41) is 13.1. The molecule has 0 bridgehead atoms. The summed E-state index contributed by atoms with van der Waals surface area (Å²) in [5.74, 6) is 0.795. The van der Waals surface area contributed by atoms with Crippen LogP contribution in [0.2, 0.25) is 0 Å². The van der Waals surface area contributed by atoms with Crippen LogP contribution < -0.4 is 10.1 Å². The first-order chi connectivity index (χ1) is 9.63. The summed E-state index contributed by atoms with van der Waals surface area (Å²) in [4.78, 5) is 2.60. The van der Waals surface area contributed by atoms with Gasteiger partial charge in [-0.1, -0.05) is 17.7 Å². The van der Waals surface area contributed by atoms with Gasteiger partial charge in [-0.3, -0.25) is 0 Å². The molecular formula is C16H21NO2S. The fraction of sp³-hybridized carbons (Fsp3) is 0.375. The van der Waals surface area contributed by atoms with Gasteiger partial charge >= 0.3 is 0 Å². The topological polar surface area (TPSA) is 41.5 Å². The van der Waals surface area contributed by atoms with Crippen LogP contribution in [0.25, 0.3) is 0 Å². The Morgan fingerprint density at radius 1 is 1.15 bits per heavy atom. The number of thiophene rings is 1. The molecule has 0 fully saturated rings. The average Bonchev–Trinajstić information content (AvgIpc) is 2.84. The van der Waals surface area contributed by atoms with Crippen molar-refractivity contribution in [3.63, 3.8) is 0 Å². The number of aliphatic hydroxyl groups is 1. The molecule has 0 aliphatic carbocycles. The molecule has 20 heavy (non-hydrogen) atoms. The highest BCUT2D eigenvalue weighted by molar-refractivity contribution is 7.11. The maximum atomic E-state index is 9.86. The maximum Gasteiger partial charge on any atom is 0.119 e. The van der Waals surface area contributed by atoms with E-state index in [0.29, 0.717) is 13.2 Å². The van der Waals surface area contributed by atoms with Crippen molar-refractivity contribution in [2.75, 3.05) is 13.2 Å². The molecule has 1 unspecified atom stereocenters. The van der Waals surface area contributed by atoms with Gasteiger partial charge in [0, 0.05) is 22.8 Å². The normalized spacial score (nSPS) is 12.3. The van der Waals surface area contributed by atoms with Crippen LogP contribution in [-0.2, 0) is 6.54 Å². The molecule has 1 atom stereocenters. The molecule has 4 heteroatoms. The number of ether oxygens (including phenoxy) is 1. The largest absolute Gasteiger partial charge is 0.491 e. The summed E-state index contributed by atoms with van der Waals surface area (Å²) >= 11 is 1.78. The predicted molar refractivity (Wildman–Crippen MR) is 83.4 cm³/mol. The van der Waals surface area contributed by atoms with Gasteiger partial charge in [0.05, 0.1) is 0 Å². The molecule has 0 saturated carbocycles. The smallest absolute Gasteiger partial charge is 0.119 e. The molecular weight excluding hydrogens is 270 g/mol. The molecule has 2 rings (SSSR count). The molecule has 2 N–H and O–H groups in total. The number of benzene rings is 1. The molecule has 2 aromatic rings. The second kappa shape index (κ2) is 7.43. The van der Waals surface area contributed by atoms with Crippen LogP contribution in [0.4, 0.5) is 0 Å². The number of aliphatic hydroxyl groups excluding tert-OH is 1. The minimum atomic E-state index is -0.502. The Morgan fingerprint density at radius 3 is 2.55 bits per heavy atom. The second-order valence-corrected chi connectivity index (χ2v) is 6.29. The minimum absolute atomic E-state index is 0.305. The van der Waals surface area contributed by atoms with E-state index in [0.717, 1.165) is 12.3 Å². The van der Waals surface area contributed by atoms with Gasteiger partial charge in [0.15, 0.2) is 0 Å². The maximum absolute atomic E-state index is 9.86. The van der Waals surface area contributed by atoms with Crippen LogP contribution in [0.3, 0.4) is 0 Å². The lowest BCUT2D eigenvalue weighted by molar-refractivity contribution is 0.106. The van der Waals surface area contributed by atoms with Crippen molar-refractivity contribution in [1.82, 2.24) is 5.32 Å². The van der Waals surface area contributed by atoms with E-state index in [-0.39, 0.29) is 0 Å². The summed E-state index contributed by atoms with van der Waals surface area (Å²) in [6, 6.07) is 12.1. The lowest BCUT2D eigenvalue weighted by Crippen LogP contribution is -2.30. The van der Waals surface area contributed by atoms with Crippen molar-refractivity contribution in [1.29, 1.82) is 0 Å². The summed E-state index contributed by atoms with van der Waals surface area (Å²) in [5.41, 5.74) is 1.20. The predicted octanol–water partition coefficient (Wildman–Crippen LogP) is 2.89. The summed E-state index contributed by atoms with van der Waals surface area (Å²) < 4.78 is 5.54. The van der Waals surface area contributed by atoms with E-state index in [1.165, 1.54) is 15.3 Å². The van der Waals surface area contributed by atoms with Gasteiger partial charge in [0.25, 0.3) is 0 Å². The number of hydrogen-bond acceptors (Lipinski definition) is 4. The Balaban J connectivity index is 1.65. The molecule has 0 radical (unpaired) electrons. The third-order valence-electron chi connectivity index (χ3n) is 2.94. The molecule has 108 valence electrons. The highest BCUT2D eigenvalue weighted by atomic mass is 32.1. The zero-order chi connectivity index (χ0) is 14.4. The Kier molecular flexibility index (Phi) is 5.59. The lowest BCUT2D eigenvalue weighted by Gasteiger charge is -2.13. The van der Waals surface area contributed by atoms with Crippen molar-refractivity contribution < 1.29 is 9.84 Å². The Morgan fingerprint density at radius 2 is 1.90 bits per heavy atom. The zero-order valence-corrected chi connectivity index (χ0v) is 12.7. The molecule has 1 heterocycles. The minimum Gasteiger partial charge on any atom is -0.491 e. The van der Waals surface area contributed by atoms with Crippen molar-refractivity contribution in [3.05, 3.63) is 51.7 Å². The summed E-state index contributed by atoms with van der Waals surface area (Å²) in [6.45, 7) is 5.76. The standard InChI is InChI=1S/C16H21NO2S/c1-12-3-6-15(7-4-12)19-11-14(18)9-17-10-16-8-5-13(2)20-16/h3-8,14,17-18H,9-11H2,1-2H3. The van der Waals surface area contributed by atoms with Gasteiger partial charge in [-0.25, -0.2) is 0 Å². The number of rotatable bonds is 7. The van der Waals surface area contributed by atoms with Gasteiger partial charge in [-0.05, 0) is 38.1 Å². The second-order valence-electron chi connectivity index (χ2n) is 4.92. The Bertz CT molecular complexity index is 522. The van der Waals surface area contributed by atoms with Gasteiger partial charge in [-0.2, -0.15) is 0 Å². The highest BCUT2D eigenvalue weighted by Gasteiger charge is 2.05. The molecule has 0 saturated heterocycles. The summed E-state index contributed by atoms with van der Waals surface area (Å²) in [7, 11) is 0. The first-order valence-electron chi connectivity index (χ1n) is 6.77. The molecule has 0 aliphatic rings. The van der Waals surface area contributed by atoms with E-state index in [1.54, 1.807) is 11.3 Å². The SMILES string of the molecule is Cc1ccc(OCC(O)CNCc2ccc(C)s2)cc1. The average molecular weight is 291 g/mol. The van der Waals surface area contributed by atoms with Crippen molar-refractivity contribution in [2.45, 2.75) is 26.5 Å². The quantitative estimate of drug-likeness (QED) is 0.824. The Labute approximate surface area is 124 Å². The van der Waals surface area contributed by atoms with Crippen molar-refractivity contribution in [3.8, 4) is 5.75 Å². The molecule has 0 aliphatic heterocycles. The summed E-state index contributed by atoms with van der Waals surface area (Å²) in [6.07, 6.45) is -0.502. The van der Waals surface area contributed by atoms with Gasteiger partial charge in [-0.15, -0.1) is 11.3 Å². The molecule has 0 amide bonds. The third kappa shape index (κ3) is 4.96. The van der Waals surface area contributed by atoms with Crippen molar-refractivity contribution >= 4 is 11.3 Å². The van der Waals surface area contributed by atoms with E-state index in [4.69, 9.17) is 4.74 Å². The fourth-order valence-electron chi connectivity index (χ4n) is 1.83. The van der Waals surface area contributed by atoms with E-state index in [1.807, 2.05) is 31.2 Å². The van der Waals surface area contributed by atoms with Crippen LogP contribution in [0, 0.1) is 13.8 Å². The monoisotopic (exact) mass is 291 g/mol. The van der Waals surface area contributed by atoms with Crippen LogP contribution in [0.15, 0.2) is 36.4 Å². The van der Waals surface area contributed by atoms with Crippen LogP contribution in [-0.4, -0.2) is 24.4 Å². The van der Waals surface area contributed by atoms with Crippen molar-refractivity contribution in [2.24, 2.45) is 0 Å². The first kappa shape index (κ1) is 15.0. The van der Waals surface area contributed by atoms with Gasteiger partial charge < -0.3 is 15.2 Å². The molecule has 1 aromatic heterocycles. The fourth-order valence-corrected chi connectivity index (χ4v) is 2.69. The van der Waals surface area contributed by atoms with E-state index >= 15 is 0 Å². The first-order valence-corrected chi connectivity index (χ1v) is 7.58. The molecule has 0 spiro atoms. The van der Waals surface area contributed by atoms with E-state index in [9.17, 15) is 5.11 Å². The number of aryl methyl sites for hydroxylation is 2. The Hall–Kier alpha value is -1.36. The molecule has 3 nitrogen and oxygen atoms in total. The van der Waals surface area contributed by atoms with Crippen LogP contribution in [0.5, 0.6) is 5.75 Å².